The van der Waals surface area contributed by atoms with Gasteiger partial charge in [0, 0.05) is 6.07 Å². The maximum atomic E-state index is 11.3. The van der Waals surface area contributed by atoms with Crippen LogP contribution in [0.5, 0.6) is 11.5 Å². The van der Waals surface area contributed by atoms with Gasteiger partial charge in [-0.25, -0.2) is 0 Å². The number of ketones is 1. The van der Waals surface area contributed by atoms with E-state index >= 15 is 0 Å². The second-order valence-electron chi connectivity index (χ2n) is 2.67. The molecule has 0 N–H and O–H groups in total. The molecule has 0 aliphatic heterocycles. The van der Waals surface area contributed by atoms with Gasteiger partial charge in [0.2, 0.25) is 5.78 Å². The van der Waals surface area contributed by atoms with E-state index in [0.717, 1.165) is 0 Å². The van der Waals surface area contributed by atoms with Crippen molar-refractivity contribution in [3.63, 3.8) is 0 Å². The molecule has 0 heterocycles. The highest BCUT2D eigenvalue weighted by molar-refractivity contribution is 6.83. The summed E-state index contributed by atoms with van der Waals surface area (Å²) in [7, 11) is 2.88. The van der Waals surface area contributed by atoms with E-state index in [2.05, 4.69) is 0 Å². The first-order valence-corrected chi connectivity index (χ1v) is 4.44. The Hall–Kier alpha value is -1.55. The predicted octanol–water partition coefficient (Wildman–Crippen LogP) is 1.65. The molecule has 0 aliphatic carbocycles. The summed E-state index contributed by atoms with van der Waals surface area (Å²) in [5, 5.41) is -1.04. The van der Waals surface area contributed by atoms with Crippen LogP contribution in [0.3, 0.4) is 0 Å². The van der Waals surface area contributed by atoms with Crippen molar-refractivity contribution in [2.75, 3.05) is 14.2 Å². The minimum absolute atomic E-state index is 0.123. The summed E-state index contributed by atoms with van der Waals surface area (Å²) in [4.78, 5) is 22.0. The quantitative estimate of drug-likeness (QED) is 0.447. The first-order chi connectivity index (χ1) is 7.10. The van der Waals surface area contributed by atoms with Gasteiger partial charge in [-0.2, -0.15) is 0 Å². The Morgan fingerprint density at radius 2 is 1.87 bits per heavy atom. The van der Waals surface area contributed by atoms with Crippen LogP contribution in [0, 0.1) is 0 Å². The third kappa shape index (κ3) is 2.47. The van der Waals surface area contributed by atoms with Crippen LogP contribution in [0.25, 0.3) is 0 Å². The van der Waals surface area contributed by atoms with Crippen LogP contribution in [0.1, 0.15) is 10.4 Å². The average Bonchev–Trinajstić information content (AvgIpc) is 2.27. The normalized spacial score (nSPS) is 9.53. The number of hydrogen-bond acceptors (Lipinski definition) is 4. The van der Waals surface area contributed by atoms with Crippen molar-refractivity contribution >= 4 is 22.6 Å². The molecule has 0 spiro atoms. The molecule has 4 nitrogen and oxygen atoms in total. The second-order valence-corrected chi connectivity index (χ2v) is 3.01. The zero-order chi connectivity index (χ0) is 11.4. The maximum Gasteiger partial charge on any atom is 0.293 e. The minimum Gasteiger partial charge on any atom is -0.497 e. The van der Waals surface area contributed by atoms with Crippen LogP contribution in [0.2, 0.25) is 0 Å². The first-order valence-electron chi connectivity index (χ1n) is 4.06. The van der Waals surface area contributed by atoms with E-state index in [1.54, 1.807) is 6.07 Å². The summed E-state index contributed by atoms with van der Waals surface area (Å²) >= 11 is 5.09. The molecular weight excluding hydrogens is 220 g/mol. The highest BCUT2D eigenvalue weighted by atomic mass is 35.5. The number of methoxy groups -OCH3 is 2. The zero-order valence-corrected chi connectivity index (χ0v) is 9.00. The number of carbonyl (C=O) groups is 2. The minimum atomic E-state index is -1.04. The van der Waals surface area contributed by atoms with Crippen molar-refractivity contribution in [3.8, 4) is 11.5 Å². The fourth-order valence-electron chi connectivity index (χ4n) is 1.09. The van der Waals surface area contributed by atoms with E-state index in [9.17, 15) is 9.59 Å². The number of rotatable bonds is 4. The van der Waals surface area contributed by atoms with Gasteiger partial charge in [0.05, 0.1) is 19.8 Å². The lowest BCUT2D eigenvalue weighted by Crippen LogP contribution is -2.09. The average molecular weight is 229 g/mol. The molecule has 15 heavy (non-hydrogen) atoms. The van der Waals surface area contributed by atoms with Gasteiger partial charge in [0.1, 0.15) is 11.5 Å². The molecule has 0 bridgehead atoms. The van der Waals surface area contributed by atoms with Gasteiger partial charge in [0.25, 0.3) is 5.24 Å². The highest BCUT2D eigenvalue weighted by Crippen LogP contribution is 2.25. The van der Waals surface area contributed by atoms with Gasteiger partial charge in [-0.3, -0.25) is 9.59 Å². The fraction of sp³-hybridized carbons (Fsp3) is 0.200. The summed E-state index contributed by atoms with van der Waals surface area (Å²) in [6.45, 7) is 0. The Labute approximate surface area is 91.7 Å². The van der Waals surface area contributed by atoms with Gasteiger partial charge >= 0.3 is 0 Å². The molecule has 0 atom stereocenters. The summed E-state index contributed by atoms with van der Waals surface area (Å²) < 4.78 is 9.89. The number of benzene rings is 1. The monoisotopic (exact) mass is 228 g/mol. The lowest BCUT2D eigenvalue weighted by molar-refractivity contribution is -0.108. The van der Waals surface area contributed by atoms with E-state index in [1.165, 1.54) is 26.4 Å². The zero-order valence-electron chi connectivity index (χ0n) is 8.24. The standard InChI is InChI=1S/C10H9ClO4/c1-14-6-3-4-7(8(5-6)15-2)9(12)10(11)13/h3-5H,1-2H3. The second kappa shape index (κ2) is 4.79. The Balaban J connectivity index is 3.18. The van der Waals surface area contributed by atoms with Crippen LogP contribution in [0.4, 0.5) is 0 Å². The van der Waals surface area contributed by atoms with Crippen molar-refractivity contribution in [2.24, 2.45) is 0 Å². The molecular formula is C10H9ClO4. The lowest BCUT2D eigenvalue weighted by atomic mass is 10.1. The van der Waals surface area contributed by atoms with Gasteiger partial charge in [-0.05, 0) is 23.7 Å². The van der Waals surface area contributed by atoms with E-state index in [-0.39, 0.29) is 11.3 Å². The van der Waals surface area contributed by atoms with E-state index in [1.807, 2.05) is 0 Å². The van der Waals surface area contributed by atoms with E-state index < -0.39 is 11.0 Å². The molecule has 0 unspecified atom stereocenters. The highest BCUT2D eigenvalue weighted by Gasteiger charge is 2.18. The van der Waals surface area contributed by atoms with Gasteiger partial charge in [-0.15, -0.1) is 0 Å². The summed E-state index contributed by atoms with van der Waals surface area (Å²) in [6, 6.07) is 4.49. The summed E-state index contributed by atoms with van der Waals surface area (Å²) in [5.41, 5.74) is 0.123. The van der Waals surface area contributed by atoms with Crippen LogP contribution >= 0.6 is 11.6 Å². The molecule has 0 fully saturated rings. The third-order valence-corrected chi connectivity index (χ3v) is 2.00. The fourth-order valence-corrected chi connectivity index (χ4v) is 1.19. The van der Waals surface area contributed by atoms with Crippen molar-refractivity contribution in [1.82, 2.24) is 0 Å². The molecule has 0 radical (unpaired) electrons. The SMILES string of the molecule is COc1ccc(C(=O)C(=O)Cl)c(OC)c1. The van der Waals surface area contributed by atoms with Gasteiger partial charge in [0.15, 0.2) is 0 Å². The van der Waals surface area contributed by atoms with Crippen LogP contribution < -0.4 is 9.47 Å². The predicted molar refractivity (Wildman–Crippen MR) is 54.7 cm³/mol. The Morgan fingerprint density at radius 1 is 1.20 bits per heavy atom. The first kappa shape index (κ1) is 11.5. The molecule has 0 aliphatic rings. The van der Waals surface area contributed by atoms with Crippen molar-refractivity contribution in [1.29, 1.82) is 0 Å². The Bertz CT molecular complexity index is 400. The van der Waals surface area contributed by atoms with Gasteiger partial charge in [-0.1, -0.05) is 0 Å². The Kier molecular flexibility index (Phi) is 3.68. The topological polar surface area (TPSA) is 52.6 Å². The number of Topliss-reactive ketones (excluding diaryl/α,β-unsaturated/α-hetero) is 1. The van der Waals surface area contributed by atoms with E-state index in [0.29, 0.717) is 5.75 Å². The summed E-state index contributed by atoms with van der Waals surface area (Å²) in [6.07, 6.45) is 0. The molecule has 0 saturated carbocycles. The molecule has 1 aromatic rings. The van der Waals surface area contributed by atoms with Crippen LogP contribution in [-0.4, -0.2) is 25.2 Å². The smallest absolute Gasteiger partial charge is 0.293 e. The molecule has 80 valence electrons. The Morgan fingerprint density at radius 3 is 2.33 bits per heavy atom. The maximum absolute atomic E-state index is 11.3. The van der Waals surface area contributed by atoms with Gasteiger partial charge < -0.3 is 9.47 Å². The number of hydrogen-bond donors (Lipinski definition) is 0. The van der Waals surface area contributed by atoms with Crippen molar-refractivity contribution < 1.29 is 19.1 Å². The molecule has 1 rings (SSSR count). The molecule has 1 aromatic carbocycles. The lowest BCUT2D eigenvalue weighted by Gasteiger charge is -2.07. The number of halogens is 1. The van der Waals surface area contributed by atoms with Crippen LogP contribution in [0.15, 0.2) is 18.2 Å². The molecule has 0 amide bonds. The number of carbonyl (C=O) groups excluding carboxylic acids is 2. The van der Waals surface area contributed by atoms with Crippen LogP contribution in [-0.2, 0) is 4.79 Å². The molecule has 0 aromatic heterocycles. The summed E-state index contributed by atoms with van der Waals surface area (Å²) in [5.74, 6) is -0.00468. The molecule has 0 saturated heterocycles. The largest absolute Gasteiger partial charge is 0.497 e. The third-order valence-electron chi connectivity index (χ3n) is 1.83. The van der Waals surface area contributed by atoms with E-state index in [4.69, 9.17) is 21.1 Å². The molecule has 5 heteroatoms. The number of ether oxygens (including phenoxy) is 2. The van der Waals surface area contributed by atoms with Crippen molar-refractivity contribution in [2.45, 2.75) is 0 Å². The van der Waals surface area contributed by atoms with Crippen molar-refractivity contribution in [3.05, 3.63) is 23.8 Å².